The molecule has 140 valence electrons. The van der Waals surface area contributed by atoms with Gasteiger partial charge in [-0.05, 0) is 24.3 Å². The number of oxazole rings is 1. The molecule has 3 aromatic heterocycles. The minimum absolute atomic E-state index is 0.131. The summed E-state index contributed by atoms with van der Waals surface area (Å²) < 4.78 is 7.99. The molecular weight excluding hydrogens is 360 g/mol. The highest BCUT2D eigenvalue weighted by Gasteiger charge is 2.26. The lowest BCUT2D eigenvalue weighted by Crippen LogP contribution is -2.42. The smallest absolute Gasteiger partial charge is 0.408 e. The average Bonchev–Trinajstić information content (AvgIpc) is 3.03. The molecule has 0 fully saturated rings. The Kier molecular flexibility index (Phi) is 3.65. The van der Waals surface area contributed by atoms with Crippen LogP contribution in [-0.2, 0) is 24.3 Å². The summed E-state index contributed by atoms with van der Waals surface area (Å²) in [6.45, 7) is 0.502. The van der Waals surface area contributed by atoms with Crippen LogP contribution in [0.15, 0.2) is 62.7 Å². The van der Waals surface area contributed by atoms with E-state index in [-0.39, 0.29) is 24.6 Å². The summed E-state index contributed by atoms with van der Waals surface area (Å²) in [4.78, 5) is 43.9. The van der Waals surface area contributed by atoms with E-state index in [1.165, 1.54) is 8.97 Å². The first kappa shape index (κ1) is 16.5. The van der Waals surface area contributed by atoms with Crippen molar-refractivity contribution in [1.29, 1.82) is 0 Å². The molecule has 0 N–H and O–H groups in total. The van der Waals surface area contributed by atoms with Crippen molar-refractivity contribution >= 4 is 22.7 Å². The summed E-state index contributed by atoms with van der Waals surface area (Å²) in [6, 6.07) is 12.4. The largest absolute Gasteiger partial charge is 0.420 e. The summed E-state index contributed by atoms with van der Waals surface area (Å²) in [5.74, 6) is -0.809. The first-order valence-electron chi connectivity index (χ1n) is 8.97. The molecular formula is C20H16N4O4. The van der Waals surface area contributed by atoms with Crippen LogP contribution >= 0.6 is 0 Å². The highest BCUT2D eigenvalue weighted by molar-refractivity contribution is 5.79. The van der Waals surface area contributed by atoms with E-state index in [1.807, 2.05) is 6.07 Å². The third kappa shape index (κ3) is 2.53. The van der Waals surface area contributed by atoms with E-state index >= 15 is 0 Å². The maximum Gasteiger partial charge on any atom is 0.420 e. The van der Waals surface area contributed by atoms with Gasteiger partial charge >= 0.3 is 5.76 Å². The number of rotatable bonds is 2. The third-order valence-corrected chi connectivity index (χ3v) is 5.10. The van der Waals surface area contributed by atoms with E-state index in [9.17, 15) is 14.4 Å². The highest BCUT2D eigenvalue weighted by atomic mass is 16.4. The molecule has 8 heteroatoms. The van der Waals surface area contributed by atoms with Crippen LogP contribution in [-0.4, -0.2) is 31.3 Å². The lowest BCUT2D eigenvalue weighted by Gasteiger charge is -2.28. The highest BCUT2D eigenvalue weighted by Crippen LogP contribution is 2.17. The van der Waals surface area contributed by atoms with Crippen LogP contribution in [0.25, 0.3) is 16.7 Å². The quantitative estimate of drug-likeness (QED) is 0.524. The monoisotopic (exact) mass is 376 g/mol. The molecule has 0 aliphatic carbocycles. The topological polar surface area (TPSA) is 89.8 Å². The fourth-order valence-electron chi connectivity index (χ4n) is 3.66. The second-order valence-electron chi connectivity index (χ2n) is 6.76. The number of nitrogens with zero attached hydrogens (tertiary/aromatic N) is 4. The molecule has 1 aliphatic rings. The van der Waals surface area contributed by atoms with Crippen LogP contribution in [0, 0.1) is 0 Å². The SMILES string of the molecule is O=C(Cn1c(=O)oc2ccccc21)N1CCc2nc3ccccn3c(=O)c2C1. The van der Waals surface area contributed by atoms with Crippen molar-refractivity contribution in [3.05, 3.63) is 80.8 Å². The number of aromatic nitrogens is 3. The molecule has 0 saturated heterocycles. The molecule has 1 aromatic carbocycles. The fourth-order valence-corrected chi connectivity index (χ4v) is 3.66. The number of para-hydroxylation sites is 2. The van der Waals surface area contributed by atoms with E-state index in [1.54, 1.807) is 47.5 Å². The molecule has 8 nitrogen and oxygen atoms in total. The predicted molar refractivity (Wildman–Crippen MR) is 101 cm³/mol. The van der Waals surface area contributed by atoms with Crippen molar-refractivity contribution in [3.8, 4) is 0 Å². The van der Waals surface area contributed by atoms with Crippen LogP contribution in [0.2, 0.25) is 0 Å². The first-order chi connectivity index (χ1) is 13.6. The van der Waals surface area contributed by atoms with Gasteiger partial charge in [0.15, 0.2) is 5.58 Å². The normalized spacial score (nSPS) is 13.8. The lowest BCUT2D eigenvalue weighted by atomic mass is 10.1. The summed E-state index contributed by atoms with van der Waals surface area (Å²) >= 11 is 0. The van der Waals surface area contributed by atoms with Gasteiger partial charge in [0, 0.05) is 19.2 Å². The van der Waals surface area contributed by atoms with E-state index in [0.717, 1.165) is 5.69 Å². The van der Waals surface area contributed by atoms with Gasteiger partial charge in [-0.3, -0.25) is 18.6 Å². The second kappa shape index (κ2) is 6.19. The van der Waals surface area contributed by atoms with Crippen molar-refractivity contribution in [3.63, 3.8) is 0 Å². The molecule has 0 unspecified atom stereocenters. The Bertz CT molecular complexity index is 1350. The summed E-state index contributed by atoms with van der Waals surface area (Å²) in [7, 11) is 0. The van der Waals surface area contributed by atoms with Gasteiger partial charge in [-0.1, -0.05) is 18.2 Å². The van der Waals surface area contributed by atoms with Gasteiger partial charge in [0.05, 0.1) is 23.3 Å². The number of carbonyl (C=O) groups is 1. The Hall–Kier alpha value is -3.68. The van der Waals surface area contributed by atoms with Crippen molar-refractivity contribution in [2.75, 3.05) is 6.54 Å². The van der Waals surface area contributed by atoms with Gasteiger partial charge in [0.2, 0.25) is 5.91 Å². The number of benzene rings is 1. The molecule has 28 heavy (non-hydrogen) atoms. The minimum atomic E-state index is -0.570. The maximum atomic E-state index is 12.8. The molecule has 1 aliphatic heterocycles. The molecule has 0 spiro atoms. The van der Waals surface area contributed by atoms with Crippen LogP contribution in [0.5, 0.6) is 0 Å². The predicted octanol–water partition coefficient (Wildman–Crippen LogP) is 1.19. The first-order valence-corrected chi connectivity index (χ1v) is 8.97. The van der Waals surface area contributed by atoms with Crippen LogP contribution in [0.3, 0.4) is 0 Å². The molecule has 1 amide bonds. The van der Waals surface area contributed by atoms with Gasteiger partial charge in [-0.15, -0.1) is 0 Å². The maximum absolute atomic E-state index is 12.8. The van der Waals surface area contributed by atoms with Gasteiger partial charge in [-0.25, -0.2) is 9.78 Å². The number of hydrogen-bond donors (Lipinski definition) is 0. The van der Waals surface area contributed by atoms with E-state index in [4.69, 9.17) is 4.42 Å². The van der Waals surface area contributed by atoms with Crippen LogP contribution in [0.1, 0.15) is 11.3 Å². The summed E-state index contributed by atoms with van der Waals surface area (Å²) in [5, 5.41) is 0. The summed E-state index contributed by atoms with van der Waals surface area (Å²) in [5.41, 5.74) is 2.70. The number of hydrogen-bond acceptors (Lipinski definition) is 5. The second-order valence-corrected chi connectivity index (χ2v) is 6.76. The van der Waals surface area contributed by atoms with Crippen LogP contribution in [0.4, 0.5) is 0 Å². The molecule has 0 saturated carbocycles. The van der Waals surface area contributed by atoms with Gasteiger partial charge in [0.1, 0.15) is 12.2 Å². The number of amides is 1. The van der Waals surface area contributed by atoms with E-state index < -0.39 is 5.76 Å². The Labute approximate surface area is 158 Å². The molecule has 4 heterocycles. The summed E-state index contributed by atoms with van der Waals surface area (Å²) in [6.07, 6.45) is 2.17. The standard InChI is InChI=1S/C20H16N4O4/c25-18(12-24-15-5-1-2-6-16(15)28-20(24)27)22-10-8-14-13(11-22)19(26)23-9-4-3-7-17(23)21-14/h1-7,9H,8,10-12H2. The zero-order valence-corrected chi connectivity index (χ0v) is 14.9. The van der Waals surface area contributed by atoms with Crippen molar-refractivity contribution in [2.24, 2.45) is 0 Å². The zero-order chi connectivity index (χ0) is 19.3. The molecule has 5 rings (SSSR count). The van der Waals surface area contributed by atoms with E-state index in [0.29, 0.717) is 35.3 Å². The number of carbonyl (C=O) groups excluding carboxylic acids is 1. The van der Waals surface area contributed by atoms with Gasteiger partial charge < -0.3 is 9.32 Å². The Balaban J connectivity index is 1.46. The van der Waals surface area contributed by atoms with Gasteiger partial charge in [0.25, 0.3) is 5.56 Å². The molecule has 0 radical (unpaired) electrons. The average molecular weight is 376 g/mol. The third-order valence-electron chi connectivity index (χ3n) is 5.10. The zero-order valence-electron chi connectivity index (χ0n) is 14.9. The number of pyridine rings is 1. The lowest BCUT2D eigenvalue weighted by molar-refractivity contribution is -0.132. The fraction of sp³-hybridized carbons (Fsp3) is 0.200. The Morgan fingerprint density at radius 3 is 2.82 bits per heavy atom. The molecule has 4 aromatic rings. The van der Waals surface area contributed by atoms with E-state index in [2.05, 4.69) is 4.98 Å². The number of fused-ring (bicyclic) bond motifs is 3. The van der Waals surface area contributed by atoms with Gasteiger partial charge in [-0.2, -0.15) is 0 Å². The Morgan fingerprint density at radius 2 is 1.93 bits per heavy atom. The Morgan fingerprint density at radius 1 is 1.11 bits per heavy atom. The van der Waals surface area contributed by atoms with Crippen LogP contribution < -0.4 is 11.3 Å². The molecule has 0 atom stereocenters. The molecule has 0 bridgehead atoms. The van der Waals surface area contributed by atoms with Crippen molar-refractivity contribution in [1.82, 2.24) is 18.9 Å². The minimum Gasteiger partial charge on any atom is -0.408 e. The van der Waals surface area contributed by atoms with Crippen molar-refractivity contribution in [2.45, 2.75) is 19.5 Å². The van der Waals surface area contributed by atoms with Crippen molar-refractivity contribution < 1.29 is 9.21 Å².